The summed E-state index contributed by atoms with van der Waals surface area (Å²) < 4.78 is 107. The van der Waals surface area contributed by atoms with Gasteiger partial charge in [0.2, 0.25) is 0 Å². The Morgan fingerprint density at radius 2 is 0.849 bits per heavy atom. The maximum Gasteiger partial charge on any atom is 0.260 e. The molecule has 0 saturated heterocycles. The second-order valence-electron chi connectivity index (χ2n) is 22.1. The number of para-hydroxylation sites is 6. The summed E-state index contributed by atoms with van der Waals surface area (Å²) in [6, 6.07) is 64.8. The quantitative estimate of drug-likeness (QED) is 0.160. The van der Waals surface area contributed by atoms with Gasteiger partial charge in [-0.2, -0.15) is 0 Å². The van der Waals surface area contributed by atoms with E-state index in [1.165, 1.54) is 0 Å². The first kappa shape index (κ1) is 39.0. The Morgan fingerprint density at radius 1 is 0.349 bits per heavy atom. The molecule has 398 valence electrons. The van der Waals surface area contributed by atoms with Crippen molar-refractivity contribution >= 4 is 132 Å². The predicted octanol–water partition coefficient (Wildman–Crippen LogP) is 17.6. The summed E-state index contributed by atoms with van der Waals surface area (Å²) in [5.74, 6) is 3.68. The van der Waals surface area contributed by atoms with Gasteiger partial charge in [-0.25, -0.2) is 9.97 Å². The monoisotopic (exact) mass is 1110 g/mol. The third kappa shape index (κ3) is 6.28. The maximum absolute atomic E-state index is 9.58. The molecule has 7 aromatic heterocycles. The zero-order chi connectivity index (χ0) is 62.8. The Balaban J connectivity index is 0.815. The lowest BCUT2D eigenvalue weighted by Crippen LogP contribution is -2.57. The van der Waals surface area contributed by atoms with Crippen LogP contribution in [0, 0.1) is 0 Å². The van der Waals surface area contributed by atoms with Crippen molar-refractivity contribution in [1.29, 1.82) is 0 Å². The first-order valence-corrected chi connectivity index (χ1v) is 28.4. The van der Waals surface area contributed by atoms with Crippen LogP contribution in [-0.2, 0) is 0 Å². The van der Waals surface area contributed by atoms with Crippen LogP contribution < -0.4 is 25.9 Å². The van der Waals surface area contributed by atoms with Gasteiger partial charge in [-0.3, -0.25) is 9.13 Å². The number of ether oxygens (including phenoxy) is 2. The van der Waals surface area contributed by atoms with Gasteiger partial charge < -0.3 is 22.9 Å². The smallest absolute Gasteiger partial charge is 0.260 e. The van der Waals surface area contributed by atoms with Crippen LogP contribution in [0.1, 0.15) is 11.0 Å². The molecule has 9 nitrogen and oxygen atoms in total. The molecule has 10 heteroatoms. The number of furan rings is 2. The Bertz CT molecular complexity index is 6430. The predicted molar refractivity (Wildman–Crippen MR) is 348 cm³/mol. The second kappa shape index (κ2) is 17.0. The van der Waals surface area contributed by atoms with Gasteiger partial charge in [-0.1, -0.05) is 145 Å². The van der Waals surface area contributed by atoms with E-state index in [4.69, 9.17) is 33.8 Å². The van der Waals surface area contributed by atoms with E-state index in [-0.39, 0.29) is 21.8 Å². The lowest BCUT2D eigenvalue weighted by atomic mass is 9.34. The van der Waals surface area contributed by atoms with Crippen molar-refractivity contribution in [3.05, 3.63) is 255 Å². The molecule has 11 aromatic carbocycles. The summed E-state index contributed by atoms with van der Waals surface area (Å²) in [7, 11) is 0. The molecule has 0 aliphatic carbocycles. The van der Waals surface area contributed by atoms with Crippen molar-refractivity contribution in [2.45, 2.75) is 0 Å². The lowest BCUT2D eigenvalue weighted by Gasteiger charge is -2.33. The van der Waals surface area contributed by atoms with Gasteiger partial charge >= 0.3 is 0 Å². The van der Waals surface area contributed by atoms with Crippen molar-refractivity contribution in [1.82, 2.24) is 23.7 Å². The number of benzene rings is 11. The Kier molecular flexibility index (Phi) is 7.70. The molecule has 0 radical (unpaired) electrons. The molecule has 20 rings (SSSR count). The van der Waals surface area contributed by atoms with Crippen LogP contribution in [-0.4, -0.2) is 30.4 Å². The van der Waals surface area contributed by atoms with E-state index in [2.05, 4.69) is 71.3 Å². The van der Waals surface area contributed by atoms with Crippen LogP contribution >= 0.6 is 0 Å². The molecule has 0 saturated carbocycles. The largest absolute Gasteiger partial charge is 0.458 e. The molecule has 0 fully saturated rings. The Hall–Kier alpha value is -11.6. The third-order valence-electron chi connectivity index (χ3n) is 17.6. The minimum Gasteiger partial charge on any atom is -0.458 e. The Morgan fingerprint density at radius 3 is 1.45 bits per heavy atom. The fraction of sp³-hybridized carbons (Fsp3) is 0. The van der Waals surface area contributed by atoms with E-state index in [0.717, 1.165) is 110 Å². The SMILES string of the molecule is [2H]c1c([2H])c([2H])c2c(c1[2H])c1c([2H])c([2H])c([2H])c([2H])c1n2-c1cc(-c2ccc3c(c2)B2c4cc(-c5cccc(-n6c7ccccc7c7ccc8c9ccccc9oc8c76)n5)ccc4Oc4cccc(c42)O3)nc(-n2c3ccccc3c3ccc4c5ccccc5oc4c32)c1. The van der Waals surface area contributed by atoms with Gasteiger partial charge in [0.15, 0.2) is 11.2 Å². The summed E-state index contributed by atoms with van der Waals surface area (Å²) in [4.78, 5) is 11.1. The van der Waals surface area contributed by atoms with Crippen LogP contribution in [0.2, 0.25) is 0 Å². The number of pyridine rings is 2. The fourth-order valence-electron chi connectivity index (χ4n) is 14.0. The summed E-state index contributed by atoms with van der Waals surface area (Å²) >= 11 is 0. The number of hydrogen-bond donors (Lipinski definition) is 0. The molecule has 2 aliphatic heterocycles. The van der Waals surface area contributed by atoms with E-state index in [1.54, 1.807) is 4.57 Å². The number of rotatable bonds is 5. The van der Waals surface area contributed by atoms with E-state index < -0.39 is 55.1 Å². The topological polar surface area (TPSA) is 85.3 Å². The summed E-state index contributed by atoms with van der Waals surface area (Å²) in [6.07, 6.45) is 0. The molecule has 86 heavy (non-hydrogen) atoms. The highest BCUT2D eigenvalue weighted by Gasteiger charge is 2.41. The summed E-state index contributed by atoms with van der Waals surface area (Å²) in [6.45, 7) is -0.439. The first-order valence-electron chi connectivity index (χ1n) is 32.4. The highest BCUT2D eigenvalue weighted by atomic mass is 16.5. The summed E-state index contributed by atoms with van der Waals surface area (Å²) in [5, 5.41) is 7.77. The highest BCUT2D eigenvalue weighted by Crippen LogP contribution is 2.44. The van der Waals surface area contributed by atoms with Crippen molar-refractivity contribution < 1.29 is 29.3 Å². The van der Waals surface area contributed by atoms with Gasteiger partial charge in [0, 0.05) is 71.0 Å². The van der Waals surface area contributed by atoms with Crippen LogP contribution in [0.3, 0.4) is 0 Å². The van der Waals surface area contributed by atoms with Gasteiger partial charge in [0.1, 0.15) is 45.8 Å². The van der Waals surface area contributed by atoms with Crippen LogP contribution in [0.15, 0.2) is 263 Å². The molecule has 0 amide bonds. The van der Waals surface area contributed by atoms with Crippen molar-refractivity contribution in [2.24, 2.45) is 0 Å². The second-order valence-corrected chi connectivity index (χ2v) is 22.1. The van der Waals surface area contributed by atoms with E-state index in [9.17, 15) is 5.48 Å². The average molecular weight is 1110 g/mol. The molecule has 9 heterocycles. The fourth-order valence-corrected chi connectivity index (χ4v) is 14.0. The zero-order valence-corrected chi connectivity index (χ0v) is 45.1. The van der Waals surface area contributed by atoms with Gasteiger partial charge in [0.25, 0.3) is 6.71 Å². The molecule has 2 aliphatic rings. The zero-order valence-electron chi connectivity index (χ0n) is 53.1. The minimum atomic E-state index is -0.530. The molecular formula is C76H42BN5O4. The lowest BCUT2D eigenvalue weighted by molar-refractivity contribution is 0.464. The third-order valence-corrected chi connectivity index (χ3v) is 17.6. The van der Waals surface area contributed by atoms with E-state index >= 15 is 0 Å². The molecule has 0 N–H and O–H groups in total. The van der Waals surface area contributed by atoms with Gasteiger partial charge in [-0.05, 0) is 120 Å². The number of hydrogen-bond acceptors (Lipinski definition) is 6. The van der Waals surface area contributed by atoms with E-state index in [0.29, 0.717) is 56.9 Å². The van der Waals surface area contributed by atoms with Crippen LogP contribution in [0.4, 0.5) is 0 Å². The molecular weight excluding hydrogens is 1060 g/mol. The molecule has 0 unspecified atom stereocenters. The molecule has 0 atom stereocenters. The summed E-state index contributed by atoms with van der Waals surface area (Å²) in [5.41, 5.74) is 11.9. The first-order chi connectivity index (χ1) is 45.9. The minimum absolute atomic E-state index is 0.0193. The number of fused-ring (bicyclic) bond motifs is 21. The molecule has 18 aromatic rings. The highest BCUT2D eigenvalue weighted by molar-refractivity contribution is 6.98. The number of nitrogens with zero attached hydrogens (tertiary/aromatic N) is 5. The van der Waals surface area contributed by atoms with Gasteiger partial charge in [-0.15, -0.1) is 0 Å². The van der Waals surface area contributed by atoms with Crippen molar-refractivity contribution in [3.63, 3.8) is 0 Å². The van der Waals surface area contributed by atoms with E-state index in [1.807, 2.05) is 144 Å². The van der Waals surface area contributed by atoms with Crippen LogP contribution in [0.25, 0.3) is 149 Å². The molecule has 0 spiro atoms. The van der Waals surface area contributed by atoms with Crippen molar-refractivity contribution in [2.75, 3.05) is 0 Å². The standard InChI is InChI=1S/C76H42BN5O4/c1-7-22-60-46(15-1)47-16-2-8-23-61(47)80(60)45-41-59(79-71(42-45)82-63-25-10-4-18-49(63)53-34-36-55-51-20-6-12-27-65(51)86-76(55)74(53)82)44-32-38-67-57(40-44)77-56-39-43(31-37-66(56)83-68-28-14-29-69(84-67)72(68)77)58-21-13-30-70(78-58)81-62-24-9-3-17-48(62)52-33-35-54-50-19-5-11-26-64(50)85-75(54)73(52)81/h1-42H/i1D,2D,7D,8D,15D,16D,22D,23D. The maximum atomic E-state index is 9.58. The van der Waals surface area contributed by atoms with Gasteiger partial charge in [0.05, 0.1) is 61.1 Å². The normalized spacial score (nSPS) is 14.1. The Labute approximate surface area is 500 Å². The number of aromatic nitrogens is 5. The van der Waals surface area contributed by atoms with Crippen molar-refractivity contribution in [3.8, 4) is 62.8 Å². The average Bonchev–Trinajstić information content (AvgIpc) is 1.52. The van der Waals surface area contributed by atoms with Crippen LogP contribution in [0.5, 0.6) is 23.0 Å². The molecule has 0 bridgehead atoms.